The molecule has 0 atom stereocenters. The maximum Gasteiger partial charge on any atom is 0.231 e. The lowest BCUT2D eigenvalue weighted by Crippen LogP contribution is -2.46. The average molecular weight is 448 g/mol. The van der Waals surface area contributed by atoms with Crippen LogP contribution in [0.2, 0.25) is 0 Å². The molecule has 5 rings (SSSR count). The fraction of sp³-hybridized carbons (Fsp3) is 0.409. The van der Waals surface area contributed by atoms with Crippen molar-refractivity contribution in [2.45, 2.75) is 13.0 Å². The molecule has 0 saturated carbocycles. The molecule has 0 aromatic heterocycles. The van der Waals surface area contributed by atoms with E-state index in [4.69, 9.17) is 18.9 Å². The number of hydrogen-bond acceptors (Lipinski definition) is 7. The first-order chi connectivity index (χ1) is 14.7. The third-order valence-corrected chi connectivity index (χ3v) is 5.62. The number of halogens is 1. The highest BCUT2D eigenvalue weighted by molar-refractivity contribution is 5.91. The number of benzene rings is 2. The maximum absolute atomic E-state index is 12.3. The van der Waals surface area contributed by atoms with Crippen LogP contribution in [0.25, 0.3) is 0 Å². The van der Waals surface area contributed by atoms with Crippen LogP contribution < -0.4 is 24.3 Å². The van der Waals surface area contributed by atoms with Crippen molar-refractivity contribution < 1.29 is 23.7 Å². The zero-order chi connectivity index (χ0) is 20.3. The van der Waals surface area contributed by atoms with Gasteiger partial charge < -0.3 is 29.2 Å². The third kappa shape index (κ3) is 5.15. The molecule has 1 N–H and O–H groups in total. The number of amides is 1. The Labute approximate surface area is 187 Å². The molecule has 166 valence electrons. The normalized spacial score (nSPS) is 17.3. The summed E-state index contributed by atoms with van der Waals surface area (Å²) in [6, 6.07) is 11.6. The minimum absolute atomic E-state index is 0. The molecule has 1 fully saturated rings. The highest BCUT2D eigenvalue weighted by Crippen LogP contribution is 2.34. The summed E-state index contributed by atoms with van der Waals surface area (Å²) < 4.78 is 21.5. The molecule has 9 heteroatoms. The maximum atomic E-state index is 12.3. The van der Waals surface area contributed by atoms with Crippen molar-refractivity contribution in [2.24, 2.45) is 0 Å². The summed E-state index contributed by atoms with van der Waals surface area (Å²) >= 11 is 0. The number of carbonyl (C=O) groups excluding carboxylic acids is 1. The number of hydrogen-bond donors (Lipinski definition) is 1. The average Bonchev–Trinajstić information content (AvgIpc) is 3.42. The standard InChI is InChI=1S/C22H25N3O5.ClH/c26-22(23-17-2-4-19-21(12-17)30-15-28-19)5-6-24-7-9-25(10-8-24)13-16-1-3-18-20(11-16)29-14-27-18;/h1-4,11-12H,5-10,13-15H2,(H,23,26);1H. The number of piperazine rings is 1. The molecular formula is C22H26ClN3O5. The van der Waals surface area contributed by atoms with Gasteiger partial charge in [0.05, 0.1) is 0 Å². The van der Waals surface area contributed by atoms with Gasteiger partial charge in [-0.15, -0.1) is 12.4 Å². The van der Waals surface area contributed by atoms with Crippen molar-refractivity contribution in [3.63, 3.8) is 0 Å². The van der Waals surface area contributed by atoms with E-state index >= 15 is 0 Å². The van der Waals surface area contributed by atoms with E-state index in [0.29, 0.717) is 24.7 Å². The van der Waals surface area contributed by atoms with Crippen LogP contribution in [0.4, 0.5) is 5.69 Å². The van der Waals surface area contributed by atoms with Crippen molar-refractivity contribution in [2.75, 3.05) is 51.6 Å². The van der Waals surface area contributed by atoms with Crippen LogP contribution in [-0.4, -0.2) is 62.0 Å². The molecular weight excluding hydrogens is 422 g/mol. The van der Waals surface area contributed by atoms with E-state index in [0.717, 1.165) is 56.5 Å². The number of nitrogens with one attached hydrogen (secondary N) is 1. The summed E-state index contributed by atoms with van der Waals surface area (Å²) in [5, 5.41) is 2.94. The second-order valence-corrected chi connectivity index (χ2v) is 7.67. The van der Waals surface area contributed by atoms with Crippen LogP contribution >= 0.6 is 12.4 Å². The SMILES string of the molecule is Cl.O=C(CCN1CCN(Cc2ccc3c(c2)OCO3)CC1)Nc1ccc2c(c1)OCO2. The molecule has 3 aliphatic rings. The van der Waals surface area contributed by atoms with Gasteiger partial charge in [-0.2, -0.15) is 0 Å². The topological polar surface area (TPSA) is 72.5 Å². The molecule has 8 nitrogen and oxygen atoms in total. The molecule has 1 saturated heterocycles. The Morgan fingerprint density at radius 2 is 1.42 bits per heavy atom. The molecule has 0 spiro atoms. The van der Waals surface area contributed by atoms with E-state index in [9.17, 15) is 4.79 Å². The lowest BCUT2D eigenvalue weighted by atomic mass is 10.1. The Morgan fingerprint density at radius 1 is 0.806 bits per heavy atom. The number of nitrogens with zero attached hydrogens (tertiary/aromatic N) is 2. The predicted molar refractivity (Wildman–Crippen MR) is 117 cm³/mol. The predicted octanol–water partition coefficient (Wildman–Crippen LogP) is 2.71. The van der Waals surface area contributed by atoms with Gasteiger partial charge in [-0.1, -0.05) is 6.07 Å². The molecule has 3 aliphatic heterocycles. The van der Waals surface area contributed by atoms with Crippen molar-refractivity contribution in [1.29, 1.82) is 0 Å². The Morgan fingerprint density at radius 3 is 2.16 bits per heavy atom. The van der Waals surface area contributed by atoms with E-state index in [1.165, 1.54) is 5.56 Å². The molecule has 0 aliphatic carbocycles. The second kappa shape index (κ2) is 9.64. The van der Waals surface area contributed by atoms with E-state index in [-0.39, 0.29) is 25.1 Å². The van der Waals surface area contributed by atoms with Crippen LogP contribution in [0.5, 0.6) is 23.0 Å². The summed E-state index contributed by atoms with van der Waals surface area (Å²) in [4.78, 5) is 17.1. The van der Waals surface area contributed by atoms with Crippen LogP contribution in [0.1, 0.15) is 12.0 Å². The van der Waals surface area contributed by atoms with E-state index < -0.39 is 0 Å². The van der Waals surface area contributed by atoms with Gasteiger partial charge >= 0.3 is 0 Å². The number of carbonyl (C=O) groups is 1. The summed E-state index contributed by atoms with van der Waals surface area (Å²) in [5.41, 5.74) is 1.97. The molecule has 31 heavy (non-hydrogen) atoms. The minimum Gasteiger partial charge on any atom is -0.454 e. The van der Waals surface area contributed by atoms with Crippen LogP contribution in [0.15, 0.2) is 36.4 Å². The Hall–Kier alpha value is -2.68. The summed E-state index contributed by atoms with van der Waals surface area (Å²) in [6.07, 6.45) is 0.469. The van der Waals surface area contributed by atoms with Crippen molar-refractivity contribution in [3.05, 3.63) is 42.0 Å². The number of rotatable bonds is 6. The van der Waals surface area contributed by atoms with Crippen molar-refractivity contribution in [1.82, 2.24) is 9.80 Å². The van der Waals surface area contributed by atoms with E-state index in [1.54, 1.807) is 6.07 Å². The fourth-order valence-corrected chi connectivity index (χ4v) is 3.93. The van der Waals surface area contributed by atoms with Crippen LogP contribution in [0, 0.1) is 0 Å². The van der Waals surface area contributed by atoms with Gasteiger partial charge in [0.15, 0.2) is 23.0 Å². The first kappa shape index (κ1) is 21.5. The molecule has 0 bridgehead atoms. The van der Waals surface area contributed by atoms with Gasteiger partial charge in [0.25, 0.3) is 0 Å². The third-order valence-electron chi connectivity index (χ3n) is 5.62. The molecule has 1 amide bonds. The molecule has 2 aromatic rings. The van der Waals surface area contributed by atoms with Crippen molar-refractivity contribution >= 4 is 24.0 Å². The first-order valence-corrected chi connectivity index (χ1v) is 10.3. The monoisotopic (exact) mass is 447 g/mol. The number of fused-ring (bicyclic) bond motifs is 2. The van der Waals surface area contributed by atoms with Gasteiger partial charge in [0.1, 0.15) is 0 Å². The van der Waals surface area contributed by atoms with E-state index in [2.05, 4.69) is 27.2 Å². The second-order valence-electron chi connectivity index (χ2n) is 7.67. The minimum atomic E-state index is 0. The van der Waals surface area contributed by atoms with Gasteiger partial charge in [-0.05, 0) is 29.8 Å². The quantitative estimate of drug-likeness (QED) is 0.729. The van der Waals surface area contributed by atoms with Crippen LogP contribution in [0.3, 0.4) is 0 Å². The molecule has 0 unspecified atom stereocenters. The zero-order valence-electron chi connectivity index (χ0n) is 17.2. The smallest absolute Gasteiger partial charge is 0.231 e. The number of anilines is 1. The molecule has 0 radical (unpaired) electrons. The van der Waals surface area contributed by atoms with Gasteiger partial charge in [0.2, 0.25) is 19.5 Å². The Kier molecular flexibility index (Phi) is 6.70. The largest absolute Gasteiger partial charge is 0.454 e. The summed E-state index contributed by atoms with van der Waals surface area (Å²) in [5.74, 6) is 3.05. The lowest BCUT2D eigenvalue weighted by molar-refractivity contribution is -0.116. The Bertz CT molecular complexity index is 933. The molecule has 3 heterocycles. The van der Waals surface area contributed by atoms with Gasteiger partial charge in [-0.25, -0.2) is 0 Å². The summed E-state index contributed by atoms with van der Waals surface area (Å²) in [6.45, 7) is 6.08. The fourth-order valence-electron chi connectivity index (χ4n) is 3.93. The summed E-state index contributed by atoms with van der Waals surface area (Å²) in [7, 11) is 0. The highest BCUT2D eigenvalue weighted by Gasteiger charge is 2.20. The van der Waals surface area contributed by atoms with Gasteiger partial charge in [0, 0.05) is 57.4 Å². The molecule has 2 aromatic carbocycles. The highest BCUT2D eigenvalue weighted by atomic mass is 35.5. The zero-order valence-corrected chi connectivity index (χ0v) is 18.0. The first-order valence-electron chi connectivity index (χ1n) is 10.3. The van der Waals surface area contributed by atoms with Gasteiger partial charge in [-0.3, -0.25) is 9.69 Å². The van der Waals surface area contributed by atoms with Crippen molar-refractivity contribution in [3.8, 4) is 23.0 Å². The Balaban J connectivity index is 0.00000231. The number of ether oxygens (including phenoxy) is 4. The lowest BCUT2D eigenvalue weighted by Gasteiger charge is -2.34. The van der Waals surface area contributed by atoms with E-state index in [1.807, 2.05) is 18.2 Å². The van der Waals surface area contributed by atoms with Crippen LogP contribution in [-0.2, 0) is 11.3 Å².